The molecule has 17 heteroatoms. The molecule has 2 unspecified atom stereocenters. The average molecular weight is 937 g/mol. The predicted molar refractivity (Wildman–Crippen MR) is 242 cm³/mol. The molecule has 1 amide bonds. The highest BCUT2D eigenvalue weighted by atomic mass is 16.7. The van der Waals surface area contributed by atoms with Crippen LogP contribution < -0.4 is 0 Å². The van der Waals surface area contributed by atoms with Crippen molar-refractivity contribution in [2.45, 2.75) is 178 Å². The van der Waals surface area contributed by atoms with E-state index in [0.29, 0.717) is 70.0 Å². The highest BCUT2D eigenvalue weighted by Crippen LogP contribution is 2.41. The van der Waals surface area contributed by atoms with Crippen LogP contribution in [0.4, 0.5) is 0 Å². The van der Waals surface area contributed by atoms with E-state index < -0.39 is 96.7 Å². The molecule has 2 bridgehead atoms. The number of rotatable bonds is 11. The fourth-order valence-corrected chi connectivity index (χ4v) is 10.8. The lowest BCUT2D eigenvalue weighted by Gasteiger charge is -2.49. The maximum absolute atomic E-state index is 14.6. The first-order valence-electron chi connectivity index (χ1n) is 24.1. The molecule has 66 heavy (non-hydrogen) atoms. The van der Waals surface area contributed by atoms with E-state index in [0.717, 1.165) is 5.57 Å². The highest BCUT2D eigenvalue weighted by molar-refractivity contribution is 5.88. The molecule has 376 valence electrons. The fraction of sp³-hybridized carbons (Fsp3) is 0.816. The molecule has 6 N–H and O–H groups in total. The van der Waals surface area contributed by atoms with Crippen LogP contribution in [-0.2, 0) is 42.8 Å². The third-order valence-corrected chi connectivity index (χ3v) is 14.8. The van der Waals surface area contributed by atoms with Gasteiger partial charge in [0.05, 0.1) is 43.2 Å². The summed E-state index contributed by atoms with van der Waals surface area (Å²) in [6.45, 7) is 9.75. The molecule has 16 atom stereocenters. The Kier molecular flexibility index (Phi) is 20.4. The molecule has 5 aliphatic rings. The van der Waals surface area contributed by atoms with Gasteiger partial charge in [0.2, 0.25) is 12.2 Å². The molecule has 17 nitrogen and oxygen atoms in total. The van der Waals surface area contributed by atoms with E-state index in [1.54, 1.807) is 38.0 Å². The number of Topliss-reactive ketones (excluding diaryl/α,β-unsaturated/α-hetero) is 1. The molecule has 5 rings (SSSR count). The predicted octanol–water partition coefficient (Wildman–Crippen LogP) is 2.77. The lowest BCUT2D eigenvalue weighted by molar-refractivity contribution is -0.346. The van der Waals surface area contributed by atoms with Gasteiger partial charge in [-0.3, -0.25) is 14.5 Å². The Hall–Kier alpha value is -2.65. The number of nitrogens with zero attached hydrogens (tertiary/aromatic N) is 2. The smallest absolute Gasteiger partial charge is 0.329 e. The standard InChI is InChI=1S/C49H80N2O15/c1-28-19-29(2)21-41(62-7)44-42(63-8)23-31(4)49(60,66-44)45(56)46(57)51-17-11-9-14-36(51)47(58)65-43(32(5)37(54)25-38(55)34(20-28)13-10-12-18-52)30(3)22-33-15-16-39(40(24-33)61-6)64-48(59)50-26-35(53)27-50/h10,12,20,22,29,31-37,39-45,48,52-54,56,59-60H,9,11,13-19,21,23-27H2,1-8H3/b12-10+,28-20+,30-22+/t29-,31+,32+,33-,34+,36-,37-,39+,40+,41-,42-,43+,44+,45?,48?,49+/m0/s1. The summed E-state index contributed by atoms with van der Waals surface area (Å²) < 4.78 is 36.4. The summed E-state index contributed by atoms with van der Waals surface area (Å²) in [6.07, 6.45) is 2.71. The number of esters is 1. The summed E-state index contributed by atoms with van der Waals surface area (Å²) >= 11 is 0. The number of likely N-dealkylation sites (tertiary alicyclic amines) is 1. The van der Waals surface area contributed by atoms with Gasteiger partial charge in [0.15, 0.2) is 6.10 Å². The van der Waals surface area contributed by atoms with Crippen LogP contribution in [0, 0.1) is 29.6 Å². The molecule has 0 spiro atoms. The zero-order chi connectivity index (χ0) is 48.5. The van der Waals surface area contributed by atoms with Crippen LogP contribution in [0.15, 0.2) is 35.5 Å². The van der Waals surface area contributed by atoms with Crippen LogP contribution in [-0.4, -0.2) is 179 Å². The molecule has 0 radical (unpaired) electrons. The molecule has 3 saturated heterocycles. The van der Waals surface area contributed by atoms with Crippen molar-refractivity contribution in [2.75, 3.05) is 47.6 Å². The van der Waals surface area contributed by atoms with Crippen molar-refractivity contribution in [1.82, 2.24) is 9.80 Å². The third-order valence-electron chi connectivity index (χ3n) is 14.8. The maximum Gasteiger partial charge on any atom is 0.329 e. The number of fused-ring (bicyclic) bond motifs is 3. The van der Waals surface area contributed by atoms with E-state index in [1.807, 2.05) is 32.9 Å². The van der Waals surface area contributed by atoms with Gasteiger partial charge < -0.3 is 64.0 Å². The van der Waals surface area contributed by atoms with E-state index in [4.69, 9.17) is 28.4 Å². The first kappa shape index (κ1) is 54.3. The maximum atomic E-state index is 14.6. The minimum Gasteiger partial charge on any atom is -0.456 e. The number of ketones is 1. The minimum atomic E-state index is -2.35. The summed E-state index contributed by atoms with van der Waals surface area (Å²) in [6, 6.07) is -1.13. The second-order valence-electron chi connectivity index (χ2n) is 19.8. The van der Waals surface area contributed by atoms with Gasteiger partial charge in [0.25, 0.3) is 5.91 Å². The summed E-state index contributed by atoms with van der Waals surface area (Å²) in [5, 5.41) is 65.9. The number of methoxy groups -OCH3 is 3. The molecule has 0 aromatic rings. The second-order valence-corrected chi connectivity index (χ2v) is 19.8. The lowest BCUT2D eigenvalue weighted by atomic mass is 9.81. The highest BCUT2D eigenvalue weighted by Gasteiger charge is 2.56. The van der Waals surface area contributed by atoms with Crippen LogP contribution in [0.2, 0.25) is 0 Å². The number of cyclic esters (lactones) is 1. The first-order valence-corrected chi connectivity index (χ1v) is 24.1. The summed E-state index contributed by atoms with van der Waals surface area (Å²) in [4.78, 5) is 46.1. The summed E-state index contributed by atoms with van der Waals surface area (Å²) in [5.41, 5.74) is 1.55. The van der Waals surface area contributed by atoms with Crippen LogP contribution in [0.5, 0.6) is 0 Å². The van der Waals surface area contributed by atoms with Gasteiger partial charge in [0.1, 0.15) is 24.0 Å². The zero-order valence-electron chi connectivity index (χ0n) is 40.4. The fourth-order valence-electron chi connectivity index (χ4n) is 10.8. The Balaban J connectivity index is 1.49. The normalized spacial score (nSPS) is 40.5. The number of hydrogen-bond acceptors (Lipinski definition) is 16. The van der Waals surface area contributed by atoms with Crippen molar-refractivity contribution in [1.29, 1.82) is 0 Å². The number of allylic oxidation sites excluding steroid dienone is 4. The molecular formula is C49H80N2O15. The monoisotopic (exact) mass is 937 g/mol. The number of hydrogen-bond donors (Lipinski definition) is 6. The van der Waals surface area contributed by atoms with Crippen LogP contribution >= 0.6 is 0 Å². The van der Waals surface area contributed by atoms with Crippen LogP contribution in [0.25, 0.3) is 0 Å². The number of amides is 1. The van der Waals surface area contributed by atoms with E-state index >= 15 is 0 Å². The van der Waals surface area contributed by atoms with Gasteiger partial charge in [-0.1, -0.05) is 50.6 Å². The molecule has 4 aliphatic heterocycles. The Labute approximate surface area is 391 Å². The second kappa shape index (κ2) is 24.8. The summed E-state index contributed by atoms with van der Waals surface area (Å²) in [5.74, 6) is -6.48. The number of piperidine rings is 1. The van der Waals surface area contributed by atoms with Gasteiger partial charge in [-0.15, -0.1) is 0 Å². The number of carbonyl (C=O) groups excluding carboxylic acids is 3. The van der Waals surface area contributed by atoms with Crippen molar-refractivity contribution in [3.8, 4) is 0 Å². The van der Waals surface area contributed by atoms with Gasteiger partial charge in [-0.2, -0.15) is 0 Å². The van der Waals surface area contributed by atoms with Gasteiger partial charge in [-0.05, 0) is 95.5 Å². The molecule has 0 aromatic carbocycles. The SMILES string of the molecule is CO[C@H]1C[C@@H](C)C/C(C)=C/[C@@H](C/C=C/CO)C(=O)C[C@H](O)[C@@H](C)[C@@H](/C(C)=C/[C@@H]2CC[C@@H](OC(O)N3CC(O)C3)[C@H](OC)C2)OC(=O)[C@@H]2CCCCN2C(=O)C(O)[C@]2(O)O[C@H]1[C@@H](OC)C[C@H]2C. The largest absolute Gasteiger partial charge is 0.456 e. The number of aliphatic hydroxyl groups excluding tert-OH is 5. The number of β-amino-alcohol motifs (C(OH)–C–C–N with tert-alkyl or cyclic N) is 1. The minimum absolute atomic E-state index is 0.0174. The van der Waals surface area contributed by atoms with Crippen molar-refractivity contribution < 1.29 is 73.4 Å². The molecule has 1 saturated carbocycles. The number of carbonyl (C=O) groups is 3. The number of ether oxygens (including phenoxy) is 6. The van der Waals surface area contributed by atoms with E-state index in [1.165, 1.54) is 19.1 Å². The molecule has 0 aromatic heterocycles. The molecule has 4 fully saturated rings. The van der Waals surface area contributed by atoms with Gasteiger partial charge >= 0.3 is 5.97 Å². The topological polar surface area (TPSA) is 234 Å². The van der Waals surface area contributed by atoms with Crippen molar-refractivity contribution in [3.63, 3.8) is 0 Å². The average Bonchev–Trinajstić information content (AvgIpc) is 3.28. The Morgan fingerprint density at radius 3 is 2.24 bits per heavy atom. The van der Waals surface area contributed by atoms with Crippen molar-refractivity contribution in [3.05, 3.63) is 35.5 Å². The van der Waals surface area contributed by atoms with Crippen LogP contribution in [0.3, 0.4) is 0 Å². The Bertz CT molecular complexity index is 1690. The summed E-state index contributed by atoms with van der Waals surface area (Å²) in [7, 11) is 4.65. The van der Waals surface area contributed by atoms with Gasteiger partial charge in [-0.25, -0.2) is 4.79 Å². The third kappa shape index (κ3) is 13.4. The number of aliphatic hydroxyl groups is 6. The van der Waals surface area contributed by atoms with E-state index in [9.17, 15) is 45.0 Å². The first-order chi connectivity index (χ1) is 31.3. The van der Waals surface area contributed by atoms with Crippen molar-refractivity contribution >= 4 is 17.7 Å². The lowest BCUT2D eigenvalue weighted by Crippen LogP contribution is -2.66. The van der Waals surface area contributed by atoms with E-state index in [-0.39, 0.29) is 56.1 Å². The zero-order valence-corrected chi connectivity index (χ0v) is 40.4. The molecule has 1 aliphatic carbocycles. The molecular weight excluding hydrogens is 857 g/mol. The van der Waals surface area contributed by atoms with Crippen molar-refractivity contribution in [2.24, 2.45) is 29.6 Å². The van der Waals surface area contributed by atoms with E-state index in [2.05, 4.69) is 0 Å². The van der Waals surface area contributed by atoms with Crippen LogP contribution in [0.1, 0.15) is 105 Å². The van der Waals surface area contributed by atoms with Gasteiger partial charge in [0, 0.05) is 65.1 Å². The quantitative estimate of drug-likeness (QED) is 0.0993. The molecule has 4 heterocycles. The Morgan fingerprint density at radius 1 is 0.909 bits per heavy atom. The Morgan fingerprint density at radius 2 is 1.59 bits per heavy atom.